The van der Waals surface area contributed by atoms with Crippen molar-refractivity contribution in [2.75, 3.05) is 13.1 Å². The van der Waals surface area contributed by atoms with E-state index in [1.54, 1.807) is 12.5 Å². The van der Waals surface area contributed by atoms with Gasteiger partial charge >= 0.3 is 6.09 Å². The van der Waals surface area contributed by atoms with Gasteiger partial charge in [-0.1, -0.05) is 11.6 Å². The van der Waals surface area contributed by atoms with E-state index in [1.807, 2.05) is 4.90 Å². The number of rotatable bonds is 2. The molecule has 4 aliphatic carbocycles. The van der Waals surface area contributed by atoms with E-state index in [1.165, 1.54) is 12.8 Å². The third-order valence-corrected chi connectivity index (χ3v) is 6.47. The van der Waals surface area contributed by atoms with Crippen molar-refractivity contribution in [1.82, 2.24) is 15.1 Å². The lowest BCUT2D eigenvalue weighted by Gasteiger charge is -2.49. The molecular formula is C19H25N3O3. The van der Waals surface area contributed by atoms with Crippen LogP contribution in [0.3, 0.4) is 0 Å². The molecule has 1 saturated heterocycles. The molecule has 6 heteroatoms. The summed E-state index contributed by atoms with van der Waals surface area (Å²) in [6.45, 7) is 3.18. The first-order valence-corrected chi connectivity index (χ1v) is 9.61. The van der Waals surface area contributed by atoms with Gasteiger partial charge < -0.3 is 14.1 Å². The molecule has 6 rings (SSSR count). The van der Waals surface area contributed by atoms with Crippen LogP contribution < -0.4 is 0 Å². The predicted molar refractivity (Wildman–Crippen MR) is 89.9 cm³/mol. The van der Waals surface area contributed by atoms with E-state index < -0.39 is 0 Å². The zero-order chi connectivity index (χ0) is 17.0. The molecule has 1 amide bonds. The quantitative estimate of drug-likeness (QED) is 0.770. The molecule has 2 saturated carbocycles. The van der Waals surface area contributed by atoms with E-state index in [0.717, 1.165) is 38.1 Å². The molecule has 4 bridgehead atoms. The first-order chi connectivity index (χ1) is 12.2. The van der Waals surface area contributed by atoms with Gasteiger partial charge in [0.25, 0.3) is 0 Å². The Morgan fingerprint density at radius 3 is 2.76 bits per heavy atom. The van der Waals surface area contributed by atoms with Crippen LogP contribution in [0.15, 0.2) is 16.1 Å². The molecule has 2 heterocycles. The van der Waals surface area contributed by atoms with Gasteiger partial charge in [0, 0.05) is 31.8 Å². The average molecular weight is 343 g/mol. The van der Waals surface area contributed by atoms with Gasteiger partial charge in [0.1, 0.15) is 6.10 Å². The van der Waals surface area contributed by atoms with Gasteiger partial charge in [-0.05, 0) is 44.4 Å². The van der Waals surface area contributed by atoms with E-state index >= 15 is 0 Å². The van der Waals surface area contributed by atoms with Crippen molar-refractivity contribution in [3.63, 3.8) is 0 Å². The highest BCUT2D eigenvalue weighted by molar-refractivity contribution is 5.68. The van der Waals surface area contributed by atoms with Gasteiger partial charge in [0.2, 0.25) is 11.8 Å². The third kappa shape index (κ3) is 2.75. The zero-order valence-electron chi connectivity index (χ0n) is 14.7. The molecule has 1 aromatic heterocycles. The van der Waals surface area contributed by atoms with Crippen LogP contribution >= 0.6 is 0 Å². The first-order valence-electron chi connectivity index (χ1n) is 9.61. The zero-order valence-corrected chi connectivity index (χ0v) is 14.7. The molecule has 3 unspecified atom stereocenters. The molecule has 3 atom stereocenters. The highest BCUT2D eigenvalue weighted by Gasteiger charge is 2.47. The number of allylic oxidation sites excluding steroid dienone is 2. The molecule has 6 nitrogen and oxygen atoms in total. The molecule has 1 aliphatic heterocycles. The monoisotopic (exact) mass is 343 g/mol. The molecule has 1 aromatic rings. The summed E-state index contributed by atoms with van der Waals surface area (Å²) in [6, 6.07) is 0. The summed E-state index contributed by atoms with van der Waals surface area (Å²) in [6.07, 6.45) is 9.04. The van der Waals surface area contributed by atoms with Crippen LogP contribution in [0.5, 0.6) is 0 Å². The Morgan fingerprint density at radius 2 is 2.08 bits per heavy atom. The van der Waals surface area contributed by atoms with E-state index in [-0.39, 0.29) is 18.1 Å². The fourth-order valence-corrected chi connectivity index (χ4v) is 5.49. The van der Waals surface area contributed by atoms with Gasteiger partial charge in [-0.25, -0.2) is 4.79 Å². The van der Waals surface area contributed by atoms with Crippen molar-refractivity contribution in [1.29, 1.82) is 0 Å². The van der Waals surface area contributed by atoms with E-state index in [9.17, 15) is 4.79 Å². The number of aryl methyl sites for hydroxylation is 1. The SMILES string of the molecule is Cc1nnc(C2CCCN(C(=O)OC3C4CC5=CC(C4)CC3C5)C2)o1. The second kappa shape index (κ2) is 5.85. The Balaban J connectivity index is 1.25. The molecule has 0 spiro atoms. The van der Waals surface area contributed by atoms with Gasteiger partial charge in [0.15, 0.2) is 0 Å². The topological polar surface area (TPSA) is 68.5 Å². The summed E-state index contributed by atoms with van der Waals surface area (Å²) in [4.78, 5) is 14.6. The lowest BCUT2D eigenvalue weighted by Crippen LogP contribution is -2.49. The number of nitrogens with zero attached hydrogens (tertiary/aromatic N) is 3. The van der Waals surface area contributed by atoms with Crippen molar-refractivity contribution in [2.24, 2.45) is 17.8 Å². The van der Waals surface area contributed by atoms with Gasteiger partial charge in [0.05, 0.1) is 5.92 Å². The molecule has 25 heavy (non-hydrogen) atoms. The Labute approximate surface area is 147 Å². The second-order valence-corrected chi connectivity index (χ2v) is 8.28. The van der Waals surface area contributed by atoms with Gasteiger partial charge in [-0.15, -0.1) is 10.2 Å². The molecule has 3 fully saturated rings. The smallest absolute Gasteiger partial charge is 0.410 e. The van der Waals surface area contributed by atoms with Crippen LogP contribution in [0, 0.1) is 24.7 Å². The number of aromatic nitrogens is 2. The van der Waals surface area contributed by atoms with E-state index in [4.69, 9.17) is 9.15 Å². The number of carbonyl (C=O) groups is 1. The molecule has 0 N–H and O–H groups in total. The highest BCUT2D eigenvalue weighted by Crippen LogP contribution is 2.51. The predicted octanol–water partition coefficient (Wildman–Crippen LogP) is 3.44. The van der Waals surface area contributed by atoms with Crippen LogP contribution in [-0.4, -0.2) is 40.4 Å². The third-order valence-electron chi connectivity index (χ3n) is 6.47. The minimum atomic E-state index is -0.146. The Kier molecular flexibility index (Phi) is 3.61. The van der Waals surface area contributed by atoms with Gasteiger partial charge in [-0.3, -0.25) is 0 Å². The Hall–Kier alpha value is -1.85. The number of amides is 1. The van der Waals surface area contributed by atoms with Crippen molar-refractivity contribution >= 4 is 6.09 Å². The normalized spacial score (nSPS) is 36.4. The van der Waals surface area contributed by atoms with Crippen LogP contribution in [0.4, 0.5) is 4.79 Å². The van der Waals surface area contributed by atoms with Gasteiger partial charge in [-0.2, -0.15) is 0 Å². The van der Waals surface area contributed by atoms with Crippen molar-refractivity contribution in [3.8, 4) is 0 Å². The first kappa shape index (κ1) is 15.4. The number of likely N-dealkylation sites (tertiary alicyclic amines) is 1. The molecule has 0 radical (unpaired) electrons. The maximum absolute atomic E-state index is 12.8. The molecular weight excluding hydrogens is 318 g/mol. The summed E-state index contributed by atoms with van der Waals surface area (Å²) >= 11 is 0. The standard InChI is InChI=1S/C19H25N3O3/c1-11-20-21-18(24-11)14-3-2-4-22(10-14)19(23)25-17-15-6-12-5-13(8-15)9-16(17)7-12/h5,12,14-17H,2-4,6-10H2,1H3. The highest BCUT2D eigenvalue weighted by atomic mass is 16.6. The Morgan fingerprint density at radius 1 is 1.28 bits per heavy atom. The molecule has 5 aliphatic rings. The number of ether oxygens (including phenoxy) is 1. The van der Waals surface area contributed by atoms with E-state index in [2.05, 4.69) is 16.3 Å². The lowest BCUT2D eigenvalue weighted by molar-refractivity contribution is -0.0470. The number of carbonyl (C=O) groups excluding carboxylic acids is 1. The van der Waals surface area contributed by atoms with Crippen LogP contribution in [0.1, 0.15) is 56.2 Å². The second-order valence-electron chi connectivity index (χ2n) is 8.28. The minimum absolute atomic E-state index is 0.118. The van der Waals surface area contributed by atoms with Crippen LogP contribution in [0.2, 0.25) is 0 Å². The van der Waals surface area contributed by atoms with Crippen LogP contribution in [0.25, 0.3) is 0 Å². The fourth-order valence-electron chi connectivity index (χ4n) is 5.49. The molecule has 134 valence electrons. The lowest BCUT2D eigenvalue weighted by atomic mass is 9.60. The molecule has 0 aromatic carbocycles. The minimum Gasteiger partial charge on any atom is -0.445 e. The summed E-state index contributed by atoms with van der Waals surface area (Å²) in [5.74, 6) is 3.18. The number of hydrogen-bond donors (Lipinski definition) is 0. The van der Waals surface area contributed by atoms with Crippen LogP contribution in [-0.2, 0) is 4.74 Å². The van der Waals surface area contributed by atoms with Crippen molar-refractivity contribution in [3.05, 3.63) is 23.4 Å². The van der Waals surface area contributed by atoms with E-state index in [0.29, 0.717) is 30.2 Å². The summed E-state index contributed by atoms with van der Waals surface area (Å²) in [5, 5.41) is 8.06. The Bertz CT molecular complexity index is 695. The number of piperidine rings is 1. The van der Waals surface area contributed by atoms with Crippen molar-refractivity contribution in [2.45, 2.75) is 57.5 Å². The number of hydrogen-bond acceptors (Lipinski definition) is 5. The summed E-state index contributed by atoms with van der Waals surface area (Å²) < 4.78 is 11.6. The van der Waals surface area contributed by atoms with Crippen molar-refractivity contribution < 1.29 is 13.9 Å². The average Bonchev–Trinajstić information content (AvgIpc) is 3.04. The fraction of sp³-hybridized carbons (Fsp3) is 0.737. The summed E-state index contributed by atoms with van der Waals surface area (Å²) in [7, 11) is 0. The maximum atomic E-state index is 12.8. The summed E-state index contributed by atoms with van der Waals surface area (Å²) in [5.41, 5.74) is 1.61. The maximum Gasteiger partial charge on any atom is 0.410 e. The largest absolute Gasteiger partial charge is 0.445 e.